The lowest BCUT2D eigenvalue weighted by Gasteiger charge is -2.07. The Hall–Kier alpha value is -0.530. The smallest absolute Gasteiger partial charge is 0.188 e. The van der Waals surface area contributed by atoms with Crippen molar-refractivity contribution in [3.63, 3.8) is 0 Å². The molecule has 1 fully saturated rings. The topological polar surface area (TPSA) is 37.8 Å². The number of rotatable bonds is 5. The molecule has 1 atom stereocenters. The fourth-order valence-electron chi connectivity index (χ4n) is 2.12. The van der Waals surface area contributed by atoms with Gasteiger partial charge in [-0.15, -0.1) is 0 Å². The summed E-state index contributed by atoms with van der Waals surface area (Å²) in [6, 6.07) is 7.62. The number of hydrogen-bond acceptors (Lipinski definition) is 5. The molecule has 1 aliphatic heterocycles. The van der Waals surface area contributed by atoms with E-state index in [1.807, 2.05) is 30.5 Å². The fraction of sp³-hybridized carbons (Fsp3) is 0.267. The second-order valence-corrected chi connectivity index (χ2v) is 8.71. The third kappa shape index (κ3) is 4.97. The van der Waals surface area contributed by atoms with E-state index in [1.165, 1.54) is 0 Å². The van der Waals surface area contributed by atoms with Gasteiger partial charge in [0.05, 0.1) is 10.0 Å². The number of nitrogens with one attached hydrogen (secondary N) is 1. The molecule has 0 radical (unpaired) electrons. The Labute approximate surface area is 159 Å². The highest BCUT2D eigenvalue weighted by Gasteiger charge is 2.20. The Bertz CT molecular complexity index is 727. The molecule has 1 aromatic heterocycles. The Morgan fingerprint density at radius 3 is 2.91 bits per heavy atom. The van der Waals surface area contributed by atoms with Crippen molar-refractivity contribution in [2.24, 2.45) is 0 Å². The van der Waals surface area contributed by atoms with Crippen LogP contribution < -0.4 is 5.32 Å². The molecule has 8 heteroatoms. The van der Waals surface area contributed by atoms with Gasteiger partial charge in [0.15, 0.2) is 5.16 Å². The van der Waals surface area contributed by atoms with Crippen molar-refractivity contribution >= 4 is 63.3 Å². The lowest BCUT2D eigenvalue weighted by molar-refractivity contribution is 0.781. The summed E-state index contributed by atoms with van der Waals surface area (Å²) in [5.74, 6) is 0.754. The molecule has 3 nitrogen and oxygen atoms in total. The van der Waals surface area contributed by atoms with Crippen LogP contribution in [0.3, 0.4) is 0 Å². The van der Waals surface area contributed by atoms with E-state index in [0.717, 1.165) is 39.5 Å². The van der Waals surface area contributed by atoms with Crippen molar-refractivity contribution in [2.75, 3.05) is 6.54 Å². The van der Waals surface area contributed by atoms with Crippen molar-refractivity contribution < 1.29 is 0 Å². The summed E-state index contributed by atoms with van der Waals surface area (Å²) in [5, 5.41) is 5.54. The summed E-state index contributed by atoms with van der Waals surface area (Å²) in [6.45, 7) is 0.902. The lowest BCUT2D eigenvalue weighted by atomic mass is 10.2. The summed E-state index contributed by atoms with van der Waals surface area (Å²) in [4.78, 5) is 8.95. The molecule has 0 saturated carbocycles. The zero-order valence-electron chi connectivity index (χ0n) is 12.0. The standard InChI is InChI=1S/C15H13Cl2N3S3/c16-12-2-1-9(5-13(12)17)8-22-14-18-4-3-10(20-14)6-11-7-19-15(21)23-11/h1-5,11H,6-8H2,(H,19,21). The van der Waals surface area contributed by atoms with Crippen LogP contribution in [0.2, 0.25) is 10.0 Å². The molecule has 0 bridgehead atoms. The molecule has 0 spiro atoms. The number of aromatic nitrogens is 2. The Kier molecular flexibility index (Phi) is 6.04. The highest BCUT2D eigenvalue weighted by molar-refractivity contribution is 8.23. The van der Waals surface area contributed by atoms with Gasteiger partial charge in [-0.1, -0.05) is 65.0 Å². The maximum atomic E-state index is 6.04. The van der Waals surface area contributed by atoms with Gasteiger partial charge >= 0.3 is 0 Å². The summed E-state index contributed by atoms with van der Waals surface area (Å²) in [5.41, 5.74) is 2.14. The van der Waals surface area contributed by atoms with E-state index in [1.54, 1.807) is 23.5 Å². The van der Waals surface area contributed by atoms with E-state index in [2.05, 4.69) is 15.3 Å². The molecule has 2 aromatic rings. The zero-order valence-corrected chi connectivity index (χ0v) is 15.9. The Balaban J connectivity index is 1.60. The second-order valence-electron chi connectivity index (χ2n) is 4.98. The fourth-order valence-corrected chi connectivity index (χ4v) is 4.61. The number of halogens is 2. The van der Waals surface area contributed by atoms with Gasteiger partial charge in [0, 0.05) is 35.9 Å². The number of hydrogen-bond donors (Lipinski definition) is 1. The largest absolute Gasteiger partial charge is 0.370 e. The van der Waals surface area contributed by atoms with Crippen LogP contribution in [-0.4, -0.2) is 26.1 Å². The van der Waals surface area contributed by atoms with E-state index in [4.69, 9.17) is 35.4 Å². The third-order valence-electron chi connectivity index (χ3n) is 3.23. The van der Waals surface area contributed by atoms with Crippen LogP contribution in [-0.2, 0) is 12.2 Å². The summed E-state index contributed by atoms with van der Waals surface area (Å²) >= 11 is 20.4. The number of nitrogens with zero attached hydrogens (tertiary/aromatic N) is 2. The first-order valence-corrected chi connectivity index (χ1v) is 9.96. The molecule has 1 N–H and O–H groups in total. The van der Waals surface area contributed by atoms with Crippen LogP contribution in [0, 0.1) is 0 Å². The first-order chi connectivity index (χ1) is 11.1. The monoisotopic (exact) mass is 401 g/mol. The first kappa shape index (κ1) is 17.3. The maximum Gasteiger partial charge on any atom is 0.188 e. The lowest BCUT2D eigenvalue weighted by Crippen LogP contribution is -2.16. The quantitative estimate of drug-likeness (QED) is 0.447. The first-order valence-electron chi connectivity index (χ1n) is 6.93. The van der Waals surface area contributed by atoms with E-state index in [9.17, 15) is 0 Å². The van der Waals surface area contributed by atoms with Gasteiger partial charge in [-0.05, 0) is 23.8 Å². The average Bonchev–Trinajstić information content (AvgIpc) is 2.94. The van der Waals surface area contributed by atoms with Crippen molar-refractivity contribution in [3.8, 4) is 0 Å². The molecular weight excluding hydrogens is 389 g/mol. The van der Waals surface area contributed by atoms with Crippen LogP contribution in [0.25, 0.3) is 0 Å². The molecule has 23 heavy (non-hydrogen) atoms. The molecule has 1 aromatic carbocycles. The van der Waals surface area contributed by atoms with E-state index in [-0.39, 0.29) is 0 Å². The summed E-state index contributed by atoms with van der Waals surface area (Å²) < 4.78 is 0.873. The minimum atomic E-state index is 0.449. The van der Waals surface area contributed by atoms with Gasteiger partial charge in [0.1, 0.15) is 4.32 Å². The third-order valence-corrected chi connectivity index (χ3v) is 6.36. The van der Waals surface area contributed by atoms with Gasteiger partial charge in [0.25, 0.3) is 0 Å². The van der Waals surface area contributed by atoms with Crippen LogP contribution in [0.1, 0.15) is 11.3 Å². The van der Waals surface area contributed by atoms with Gasteiger partial charge < -0.3 is 5.32 Å². The maximum absolute atomic E-state index is 6.04. The minimum Gasteiger partial charge on any atom is -0.370 e. The van der Waals surface area contributed by atoms with E-state index in [0.29, 0.717) is 15.3 Å². The average molecular weight is 402 g/mol. The predicted molar refractivity (Wildman–Crippen MR) is 104 cm³/mol. The van der Waals surface area contributed by atoms with Crippen LogP contribution in [0.15, 0.2) is 35.6 Å². The van der Waals surface area contributed by atoms with Gasteiger partial charge in [-0.25, -0.2) is 9.97 Å². The number of thioether (sulfide) groups is 2. The molecule has 2 heterocycles. The number of benzene rings is 1. The SMILES string of the molecule is S=C1NCC(Cc2ccnc(SCc3ccc(Cl)c(Cl)c3)n2)S1. The Morgan fingerprint density at radius 2 is 2.17 bits per heavy atom. The van der Waals surface area contributed by atoms with Crippen LogP contribution >= 0.6 is 58.9 Å². The molecule has 1 unspecified atom stereocenters. The normalized spacial score (nSPS) is 17.3. The van der Waals surface area contributed by atoms with E-state index < -0.39 is 0 Å². The number of thiocarbonyl (C=S) groups is 1. The molecule has 120 valence electrons. The van der Waals surface area contributed by atoms with Gasteiger partial charge in [0.2, 0.25) is 0 Å². The highest BCUT2D eigenvalue weighted by Crippen LogP contribution is 2.27. The molecule has 0 amide bonds. The van der Waals surface area contributed by atoms with Crippen molar-refractivity contribution in [1.29, 1.82) is 0 Å². The summed E-state index contributed by atoms with van der Waals surface area (Å²) in [7, 11) is 0. The minimum absolute atomic E-state index is 0.449. The predicted octanol–water partition coefficient (Wildman–Crippen LogP) is 4.61. The van der Waals surface area contributed by atoms with Crippen molar-refractivity contribution in [3.05, 3.63) is 51.8 Å². The molecule has 1 aliphatic rings. The molecular formula is C15H13Cl2N3S3. The van der Waals surface area contributed by atoms with E-state index >= 15 is 0 Å². The Morgan fingerprint density at radius 1 is 1.30 bits per heavy atom. The van der Waals surface area contributed by atoms with Gasteiger partial charge in [-0.3, -0.25) is 0 Å². The highest BCUT2D eigenvalue weighted by atomic mass is 35.5. The van der Waals surface area contributed by atoms with Gasteiger partial charge in [-0.2, -0.15) is 0 Å². The van der Waals surface area contributed by atoms with Crippen LogP contribution in [0.5, 0.6) is 0 Å². The zero-order chi connectivity index (χ0) is 16.2. The molecule has 0 aliphatic carbocycles. The molecule has 1 saturated heterocycles. The van der Waals surface area contributed by atoms with Crippen LogP contribution in [0.4, 0.5) is 0 Å². The summed E-state index contributed by atoms with van der Waals surface area (Å²) in [6.07, 6.45) is 2.70. The van der Waals surface area contributed by atoms with Crippen molar-refractivity contribution in [1.82, 2.24) is 15.3 Å². The van der Waals surface area contributed by atoms with Crippen molar-refractivity contribution in [2.45, 2.75) is 22.6 Å². The molecule has 3 rings (SSSR count). The second kappa shape index (κ2) is 8.03.